The first kappa shape index (κ1) is 13.7. The predicted molar refractivity (Wildman–Crippen MR) is 75.1 cm³/mol. The van der Waals surface area contributed by atoms with Crippen LogP contribution in [0.2, 0.25) is 0 Å². The number of nitrogens with zero attached hydrogens (tertiary/aromatic N) is 2. The molecule has 0 heterocycles. The van der Waals surface area contributed by atoms with Gasteiger partial charge in [0.2, 0.25) is 0 Å². The molecule has 2 aromatic carbocycles. The van der Waals surface area contributed by atoms with Crippen molar-refractivity contribution in [3.63, 3.8) is 0 Å². The van der Waals surface area contributed by atoms with Crippen molar-refractivity contribution in [1.29, 1.82) is 0 Å². The van der Waals surface area contributed by atoms with Crippen molar-refractivity contribution >= 4 is 17.5 Å². The van der Waals surface area contributed by atoms with Crippen LogP contribution in [0.1, 0.15) is 12.5 Å². The zero-order chi connectivity index (χ0) is 14.4. The number of ether oxygens (including phenoxy) is 1. The average Bonchev–Trinajstić information content (AvgIpc) is 2.46. The molecule has 0 amide bonds. The van der Waals surface area contributed by atoms with Gasteiger partial charge in [-0.05, 0) is 42.3 Å². The number of aryl methyl sites for hydroxylation is 1. The lowest BCUT2D eigenvalue weighted by atomic mass is 10.1. The van der Waals surface area contributed by atoms with Gasteiger partial charge in [0.15, 0.2) is 0 Å². The van der Waals surface area contributed by atoms with Crippen molar-refractivity contribution in [3.8, 4) is 5.75 Å². The van der Waals surface area contributed by atoms with Gasteiger partial charge in [0.05, 0.1) is 11.4 Å². The SMILES string of the molecule is CCc1ccccc1N=Nc1ccc(OC(=O)O)cc1. The topological polar surface area (TPSA) is 71.2 Å². The molecule has 1 N–H and O–H groups in total. The van der Waals surface area contributed by atoms with E-state index in [-0.39, 0.29) is 5.75 Å². The molecule has 20 heavy (non-hydrogen) atoms. The normalized spacial score (nSPS) is 10.7. The molecule has 0 unspecified atom stereocenters. The van der Waals surface area contributed by atoms with E-state index in [2.05, 4.69) is 21.9 Å². The largest absolute Gasteiger partial charge is 0.511 e. The van der Waals surface area contributed by atoms with Crippen molar-refractivity contribution in [2.45, 2.75) is 13.3 Å². The van der Waals surface area contributed by atoms with Gasteiger partial charge in [-0.1, -0.05) is 25.1 Å². The van der Waals surface area contributed by atoms with E-state index in [1.807, 2.05) is 24.3 Å². The number of carboxylic acid groups (broad SMARTS) is 1. The van der Waals surface area contributed by atoms with Gasteiger partial charge in [0, 0.05) is 0 Å². The number of carbonyl (C=O) groups is 1. The summed E-state index contributed by atoms with van der Waals surface area (Å²) in [5.41, 5.74) is 2.59. The number of rotatable bonds is 4. The Morgan fingerprint density at radius 1 is 1.10 bits per heavy atom. The van der Waals surface area contributed by atoms with E-state index in [1.165, 1.54) is 12.1 Å². The van der Waals surface area contributed by atoms with Crippen LogP contribution in [-0.2, 0) is 6.42 Å². The Morgan fingerprint density at radius 3 is 2.45 bits per heavy atom. The van der Waals surface area contributed by atoms with Crippen LogP contribution in [0.5, 0.6) is 5.75 Å². The molecule has 0 aliphatic carbocycles. The first-order valence-corrected chi connectivity index (χ1v) is 6.19. The van der Waals surface area contributed by atoms with Gasteiger partial charge >= 0.3 is 6.16 Å². The van der Waals surface area contributed by atoms with E-state index < -0.39 is 6.16 Å². The molecule has 0 radical (unpaired) electrons. The van der Waals surface area contributed by atoms with Gasteiger partial charge in [-0.25, -0.2) is 4.79 Å². The Balaban J connectivity index is 2.13. The summed E-state index contributed by atoms with van der Waals surface area (Å²) >= 11 is 0. The summed E-state index contributed by atoms with van der Waals surface area (Å²) in [6.07, 6.45) is -0.447. The summed E-state index contributed by atoms with van der Waals surface area (Å²) in [7, 11) is 0. The highest BCUT2D eigenvalue weighted by atomic mass is 16.7. The Kier molecular flexibility index (Phi) is 4.44. The first-order chi connectivity index (χ1) is 9.69. The second-order valence-electron chi connectivity index (χ2n) is 4.04. The minimum absolute atomic E-state index is 0.255. The van der Waals surface area contributed by atoms with Crippen molar-refractivity contribution in [1.82, 2.24) is 0 Å². The Hall–Kier alpha value is -2.69. The van der Waals surface area contributed by atoms with Crippen molar-refractivity contribution in [3.05, 3.63) is 54.1 Å². The second-order valence-corrected chi connectivity index (χ2v) is 4.04. The van der Waals surface area contributed by atoms with Gasteiger partial charge in [0.1, 0.15) is 5.75 Å². The minimum Gasteiger partial charge on any atom is -0.449 e. The summed E-state index contributed by atoms with van der Waals surface area (Å²) < 4.78 is 4.51. The maximum atomic E-state index is 10.4. The molecular formula is C15H14N2O3. The van der Waals surface area contributed by atoms with Crippen molar-refractivity contribution in [2.24, 2.45) is 10.2 Å². The molecule has 2 rings (SSSR count). The van der Waals surface area contributed by atoms with E-state index in [4.69, 9.17) is 5.11 Å². The monoisotopic (exact) mass is 270 g/mol. The van der Waals surface area contributed by atoms with Crippen LogP contribution < -0.4 is 4.74 Å². The third-order valence-corrected chi connectivity index (χ3v) is 2.69. The molecule has 0 atom stereocenters. The van der Waals surface area contributed by atoms with Crippen LogP contribution in [0.4, 0.5) is 16.2 Å². The van der Waals surface area contributed by atoms with Crippen LogP contribution in [0, 0.1) is 0 Å². The maximum Gasteiger partial charge on any atom is 0.511 e. The van der Waals surface area contributed by atoms with Crippen LogP contribution >= 0.6 is 0 Å². The van der Waals surface area contributed by atoms with Gasteiger partial charge in [-0.2, -0.15) is 10.2 Å². The fourth-order valence-electron chi connectivity index (χ4n) is 1.70. The lowest BCUT2D eigenvalue weighted by Crippen LogP contribution is -2.02. The number of benzene rings is 2. The van der Waals surface area contributed by atoms with Gasteiger partial charge in [0.25, 0.3) is 0 Å². The standard InChI is InChI=1S/C15H14N2O3/c1-2-11-5-3-4-6-14(11)17-16-12-7-9-13(10-8-12)20-15(18)19/h3-10H,2H2,1H3,(H,18,19). The lowest BCUT2D eigenvalue weighted by molar-refractivity contribution is 0.144. The molecule has 0 aliphatic rings. The predicted octanol–water partition coefficient (Wildman–Crippen LogP) is 4.72. The molecule has 102 valence electrons. The molecule has 0 aliphatic heterocycles. The number of hydrogen-bond acceptors (Lipinski definition) is 4. The van der Waals surface area contributed by atoms with Crippen LogP contribution in [0.15, 0.2) is 58.8 Å². The zero-order valence-corrected chi connectivity index (χ0v) is 11.0. The molecule has 2 aromatic rings. The Bertz CT molecular complexity index is 621. The van der Waals surface area contributed by atoms with Gasteiger partial charge in [-0.15, -0.1) is 0 Å². The molecule has 0 bridgehead atoms. The number of hydrogen-bond donors (Lipinski definition) is 1. The maximum absolute atomic E-state index is 10.4. The van der Waals surface area contributed by atoms with Gasteiger partial charge < -0.3 is 9.84 Å². The van der Waals surface area contributed by atoms with E-state index in [0.717, 1.165) is 17.7 Å². The highest BCUT2D eigenvalue weighted by Gasteiger charge is 2.01. The van der Waals surface area contributed by atoms with E-state index in [0.29, 0.717) is 5.69 Å². The van der Waals surface area contributed by atoms with Crippen molar-refractivity contribution < 1.29 is 14.6 Å². The van der Waals surface area contributed by atoms with Gasteiger partial charge in [-0.3, -0.25) is 0 Å². The molecule has 0 fully saturated rings. The molecule has 5 heteroatoms. The molecule has 0 spiro atoms. The fourth-order valence-corrected chi connectivity index (χ4v) is 1.70. The summed E-state index contributed by atoms with van der Waals surface area (Å²) in [6, 6.07) is 14.2. The molecule has 0 saturated carbocycles. The average molecular weight is 270 g/mol. The van der Waals surface area contributed by atoms with Crippen molar-refractivity contribution in [2.75, 3.05) is 0 Å². The molecular weight excluding hydrogens is 256 g/mol. The highest BCUT2D eigenvalue weighted by molar-refractivity contribution is 5.61. The van der Waals surface area contributed by atoms with E-state index >= 15 is 0 Å². The van der Waals surface area contributed by atoms with E-state index in [1.54, 1.807) is 12.1 Å². The van der Waals surface area contributed by atoms with Crippen LogP contribution in [0.3, 0.4) is 0 Å². The number of azo groups is 1. The fraction of sp³-hybridized carbons (Fsp3) is 0.133. The summed E-state index contributed by atoms with van der Waals surface area (Å²) in [4.78, 5) is 10.4. The minimum atomic E-state index is -1.34. The summed E-state index contributed by atoms with van der Waals surface area (Å²) in [5, 5.41) is 16.8. The van der Waals surface area contributed by atoms with Crippen LogP contribution in [-0.4, -0.2) is 11.3 Å². The third-order valence-electron chi connectivity index (χ3n) is 2.69. The summed E-state index contributed by atoms with van der Waals surface area (Å²) in [5.74, 6) is 0.255. The second kappa shape index (κ2) is 6.47. The smallest absolute Gasteiger partial charge is 0.449 e. The quantitative estimate of drug-likeness (QED) is 0.496. The van der Waals surface area contributed by atoms with Crippen LogP contribution in [0.25, 0.3) is 0 Å². The lowest BCUT2D eigenvalue weighted by Gasteiger charge is -2.01. The first-order valence-electron chi connectivity index (χ1n) is 6.19. The molecule has 0 aromatic heterocycles. The molecule has 0 saturated heterocycles. The zero-order valence-electron chi connectivity index (χ0n) is 11.0. The van der Waals surface area contributed by atoms with E-state index in [9.17, 15) is 4.79 Å². The highest BCUT2D eigenvalue weighted by Crippen LogP contribution is 2.24. The third kappa shape index (κ3) is 3.65. The molecule has 5 nitrogen and oxygen atoms in total. The Labute approximate surface area is 116 Å². The summed E-state index contributed by atoms with van der Waals surface area (Å²) in [6.45, 7) is 2.06. The Morgan fingerprint density at radius 2 is 1.80 bits per heavy atom.